The standard InChI is InChI=1S/C7H9F2N/c1-10-4-2-3-6(5-10)7(8)9/h2-4,7H,5H2,1H3. The van der Waals surface area contributed by atoms with Gasteiger partial charge < -0.3 is 4.90 Å². The lowest BCUT2D eigenvalue weighted by Gasteiger charge is -2.18. The zero-order valence-corrected chi connectivity index (χ0v) is 5.72. The van der Waals surface area contributed by atoms with E-state index >= 15 is 0 Å². The van der Waals surface area contributed by atoms with Crippen LogP contribution in [-0.2, 0) is 0 Å². The molecule has 0 spiro atoms. The number of alkyl halides is 2. The summed E-state index contributed by atoms with van der Waals surface area (Å²) < 4.78 is 23.9. The maximum Gasteiger partial charge on any atom is 0.261 e. The second kappa shape index (κ2) is 2.82. The van der Waals surface area contributed by atoms with Gasteiger partial charge in [0.1, 0.15) is 0 Å². The van der Waals surface area contributed by atoms with Crippen molar-refractivity contribution in [1.82, 2.24) is 4.90 Å². The van der Waals surface area contributed by atoms with Crippen molar-refractivity contribution in [3.05, 3.63) is 23.9 Å². The maximum absolute atomic E-state index is 12.0. The number of hydrogen-bond acceptors (Lipinski definition) is 1. The van der Waals surface area contributed by atoms with Crippen molar-refractivity contribution in [3.63, 3.8) is 0 Å². The van der Waals surface area contributed by atoms with Crippen molar-refractivity contribution in [2.24, 2.45) is 0 Å². The highest BCUT2D eigenvalue weighted by Crippen LogP contribution is 2.13. The quantitative estimate of drug-likeness (QED) is 0.542. The van der Waals surface area contributed by atoms with E-state index in [2.05, 4.69) is 0 Å². The lowest BCUT2D eigenvalue weighted by atomic mass is 10.2. The number of likely N-dealkylation sites (N-methyl/N-ethyl adjacent to an activating group) is 1. The van der Waals surface area contributed by atoms with E-state index in [4.69, 9.17) is 0 Å². The van der Waals surface area contributed by atoms with Crippen LogP contribution in [0.15, 0.2) is 23.9 Å². The highest BCUT2D eigenvalue weighted by Gasteiger charge is 2.12. The molecule has 10 heavy (non-hydrogen) atoms. The Balaban J connectivity index is 2.61. The number of allylic oxidation sites excluding steroid dienone is 2. The Morgan fingerprint density at radius 3 is 2.70 bits per heavy atom. The van der Waals surface area contributed by atoms with Crippen LogP contribution in [0.25, 0.3) is 0 Å². The smallest absolute Gasteiger partial charge is 0.261 e. The summed E-state index contributed by atoms with van der Waals surface area (Å²) in [7, 11) is 1.77. The predicted molar refractivity (Wildman–Crippen MR) is 35.9 cm³/mol. The fourth-order valence-electron chi connectivity index (χ4n) is 0.849. The van der Waals surface area contributed by atoms with E-state index in [-0.39, 0.29) is 5.57 Å². The Morgan fingerprint density at radius 2 is 2.30 bits per heavy atom. The van der Waals surface area contributed by atoms with Crippen LogP contribution in [0.1, 0.15) is 0 Å². The van der Waals surface area contributed by atoms with E-state index in [1.807, 2.05) is 0 Å². The molecular weight excluding hydrogens is 136 g/mol. The number of nitrogens with zero attached hydrogens (tertiary/aromatic N) is 1. The molecule has 0 unspecified atom stereocenters. The zero-order chi connectivity index (χ0) is 7.56. The Labute approximate surface area is 58.6 Å². The zero-order valence-electron chi connectivity index (χ0n) is 5.72. The lowest BCUT2D eigenvalue weighted by molar-refractivity contribution is 0.179. The molecule has 0 radical (unpaired) electrons. The van der Waals surface area contributed by atoms with Crippen molar-refractivity contribution >= 4 is 0 Å². The lowest BCUT2D eigenvalue weighted by Crippen LogP contribution is -2.20. The summed E-state index contributed by atoms with van der Waals surface area (Å²) in [6.07, 6.45) is 2.55. The third kappa shape index (κ3) is 1.56. The molecule has 0 aromatic rings. The van der Waals surface area contributed by atoms with Gasteiger partial charge in [0.2, 0.25) is 0 Å². The van der Waals surface area contributed by atoms with Gasteiger partial charge in [-0.1, -0.05) is 6.08 Å². The minimum atomic E-state index is -2.31. The van der Waals surface area contributed by atoms with Crippen LogP contribution >= 0.6 is 0 Å². The first-order valence-electron chi connectivity index (χ1n) is 3.06. The topological polar surface area (TPSA) is 3.24 Å². The molecule has 0 aromatic heterocycles. The molecule has 1 heterocycles. The Kier molecular flexibility index (Phi) is 2.04. The van der Waals surface area contributed by atoms with Gasteiger partial charge in [0.05, 0.1) is 0 Å². The molecule has 0 saturated heterocycles. The van der Waals surface area contributed by atoms with Crippen molar-refractivity contribution in [1.29, 1.82) is 0 Å². The first kappa shape index (κ1) is 7.25. The van der Waals surface area contributed by atoms with Gasteiger partial charge in [-0.05, 0) is 12.3 Å². The average Bonchev–Trinajstić information content (AvgIpc) is 1.88. The van der Waals surface area contributed by atoms with Gasteiger partial charge >= 0.3 is 0 Å². The van der Waals surface area contributed by atoms with Gasteiger partial charge in [-0.2, -0.15) is 0 Å². The van der Waals surface area contributed by atoms with Crippen molar-refractivity contribution in [2.45, 2.75) is 6.43 Å². The van der Waals surface area contributed by atoms with E-state index in [1.54, 1.807) is 24.2 Å². The summed E-state index contributed by atoms with van der Waals surface area (Å²) in [4.78, 5) is 1.72. The van der Waals surface area contributed by atoms with Gasteiger partial charge in [0, 0.05) is 19.2 Å². The summed E-state index contributed by atoms with van der Waals surface area (Å²) in [5.41, 5.74) is 0.185. The fraction of sp³-hybridized carbons (Fsp3) is 0.429. The van der Waals surface area contributed by atoms with Gasteiger partial charge in [0.15, 0.2) is 0 Å². The Morgan fingerprint density at radius 1 is 1.60 bits per heavy atom. The highest BCUT2D eigenvalue weighted by atomic mass is 19.3. The van der Waals surface area contributed by atoms with E-state index in [1.165, 1.54) is 6.08 Å². The summed E-state index contributed by atoms with van der Waals surface area (Å²) in [5, 5.41) is 0. The second-order valence-corrected chi connectivity index (χ2v) is 2.30. The SMILES string of the molecule is CN1C=CC=C(C(F)F)C1. The molecule has 1 aliphatic heterocycles. The first-order valence-corrected chi connectivity index (χ1v) is 3.06. The number of halogens is 2. The van der Waals surface area contributed by atoms with E-state index < -0.39 is 6.43 Å². The van der Waals surface area contributed by atoms with Crippen LogP contribution in [0, 0.1) is 0 Å². The molecule has 1 nitrogen and oxygen atoms in total. The summed E-state index contributed by atoms with van der Waals surface area (Å²) in [5.74, 6) is 0. The third-order valence-electron chi connectivity index (χ3n) is 1.36. The monoisotopic (exact) mass is 145 g/mol. The normalized spacial score (nSPS) is 18.0. The Bertz CT molecular complexity index is 172. The Hall–Kier alpha value is -0.860. The van der Waals surface area contributed by atoms with Crippen LogP contribution in [0.2, 0.25) is 0 Å². The van der Waals surface area contributed by atoms with Crippen LogP contribution in [0.5, 0.6) is 0 Å². The van der Waals surface area contributed by atoms with E-state index in [9.17, 15) is 8.78 Å². The van der Waals surface area contributed by atoms with E-state index in [0.717, 1.165) is 0 Å². The molecule has 0 aromatic carbocycles. The molecule has 1 aliphatic rings. The van der Waals surface area contributed by atoms with Gasteiger partial charge in [-0.3, -0.25) is 0 Å². The molecule has 3 heteroatoms. The largest absolute Gasteiger partial charge is 0.376 e. The number of rotatable bonds is 1. The molecular formula is C7H9F2N. The van der Waals surface area contributed by atoms with E-state index in [0.29, 0.717) is 6.54 Å². The number of hydrogen-bond donors (Lipinski definition) is 0. The molecule has 0 N–H and O–H groups in total. The molecule has 0 aliphatic carbocycles. The maximum atomic E-state index is 12.0. The minimum absolute atomic E-state index is 0.185. The molecule has 0 fully saturated rings. The van der Waals surface area contributed by atoms with Crippen LogP contribution in [0.4, 0.5) is 8.78 Å². The van der Waals surface area contributed by atoms with Crippen LogP contribution in [0.3, 0.4) is 0 Å². The fourth-order valence-corrected chi connectivity index (χ4v) is 0.849. The first-order chi connectivity index (χ1) is 4.70. The summed E-state index contributed by atoms with van der Waals surface area (Å²) >= 11 is 0. The highest BCUT2D eigenvalue weighted by molar-refractivity contribution is 5.20. The molecule has 56 valence electrons. The molecule has 0 atom stereocenters. The van der Waals surface area contributed by atoms with Crippen molar-refractivity contribution < 1.29 is 8.78 Å². The van der Waals surface area contributed by atoms with Crippen molar-refractivity contribution in [3.8, 4) is 0 Å². The van der Waals surface area contributed by atoms with Gasteiger partial charge in [-0.15, -0.1) is 0 Å². The second-order valence-electron chi connectivity index (χ2n) is 2.30. The summed E-state index contributed by atoms with van der Waals surface area (Å²) in [6, 6.07) is 0. The van der Waals surface area contributed by atoms with Crippen LogP contribution in [-0.4, -0.2) is 24.9 Å². The van der Waals surface area contributed by atoms with Gasteiger partial charge in [-0.25, -0.2) is 8.78 Å². The van der Waals surface area contributed by atoms with Crippen LogP contribution < -0.4 is 0 Å². The molecule has 0 amide bonds. The van der Waals surface area contributed by atoms with Crippen molar-refractivity contribution in [2.75, 3.05) is 13.6 Å². The molecule has 1 rings (SSSR count). The average molecular weight is 145 g/mol. The minimum Gasteiger partial charge on any atom is -0.376 e. The predicted octanol–water partition coefficient (Wildman–Crippen LogP) is 1.64. The molecule has 0 saturated carbocycles. The third-order valence-corrected chi connectivity index (χ3v) is 1.36. The van der Waals surface area contributed by atoms with Gasteiger partial charge in [0.25, 0.3) is 6.43 Å². The summed E-state index contributed by atoms with van der Waals surface area (Å²) in [6.45, 7) is 0.341. The molecule has 0 bridgehead atoms.